The quantitative estimate of drug-likeness (QED) is 0.455. The smallest absolute Gasteiger partial charge is 0.408 e. The zero-order valence-corrected chi connectivity index (χ0v) is 17.2. The van der Waals surface area contributed by atoms with Gasteiger partial charge in [-0.15, -0.1) is 6.58 Å². The second-order valence-electron chi connectivity index (χ2n) is 7.00. The van der Waals surface area contributed by atoms with Crippen molar-refractivity contribution in [1.29, 1.82) is 0 Å². The van der Waals surface area contributed by atoms with Gasteiger partial charge in [-0.25, -0.2) is 4.79 Å². The summed E-state index contributed by atoms with van der Waals surface area (Å²) in [5, 5.41) is 18.9. The summed E-state index contributed by atoms with van der Waals surface area (Å²) in [6.45, 7) is 5.74. The van der Waals surface area contributed by atoms with Crippen molar-refractivity contribution in [2.45, 2.75) is 31.3 Å². The van der Waals surface area contributed by atoms with E-state index < -0.39 is 18.7 Å². The van der Waals surface area contributed by atoms with Crippen molar-refractivity contribution in [2.75, 3.05) is 6.61 Å². The highest BCUT2D eigenvalue weighted by molar-refractivity contribution is 7.60. The van der Waals surface area contributed by atoms with E-state index >= 15 is 0 Å². The van der Waals surface area contributed by atoms with Gasteiger partial charge < -0.3 is 14.7 Å². The molecule has 0 radical (unpaired) electrons. The number of carbonyl (C=O) groups is 1. The van der Waals surface area contributed by atoms with E-state index in [1.807, 2.05) is 30.3 Å². The number of hydrogen-bond acceptors (Lipinski definition) is 5. The van der Waals surface area contributed by atoms with Gasteiger partial charge in [0.15, 0.2) is 0 Å². The topological polar surface area (TPSA) is 100.0 Å². The van der Waals surface area contributed by atoms with Crippen molar-refractivity contribution in [3.05, 3.63) is 72.6 Å². The maximum absolute atomic E-state index is 14.2. The number of benzene rings is 1. The molecule has 154 valence electrons. The number of rotatable bonds is 9. The molecule has 1 saturated carbocycles. The Bertz CT molecular complexity index is 936. The number of carboxylic acid groups (broad SMARTS) is 1. The number of nitrogens with zero attached hydrogens (tertiary/aromatic N) is 2. The van der Waals surface area contributed by atoms with Crippen molar-refractivity contribution in [3.63, 3.8) is 0 Å². The lowest BCUT2D eigenvalue weighted by Gasteiger charge is -2.36. The maximum atomic E-state index is 14.2. The summed E-state index contributed by atoms with van der Waals surface area (Å²) in [5.74, 6) is -0.408. The zero-order valence-electron chi connectivity index (χ0n) is 16.3. The molecule has 1 aliphatic rings. The third-order valence-electron chi connectivity index (χ3n) is 5.27. The monoisotopic (exact) mass is 416 g/mol. The standard InChI is InChI=1S/C21H25N2O5P/c1-3-17-13-21(17,23(20(25)26)14-16-9-6-5-7-10-16)29(27,28-4-2)15-18-19(24)11-8-12-22-18/h3,5-12,17,24H,1,4,13-15H2,2H3,(H,25,26)/t17-,21-,29?/m1/s1. The Morgan fingerprint density at radius 3 is 2.66 bits per heavy atom. The number of amides is 1. The van der Waals surface area contributed by atoms with Crippen LogP contribution in [0.1, 0.15) is 24.6 Å². The molecule has 1 heterocycles. The van der Waals surface area contributed by atoms with Gasteiger partial charge in [-0.1, -0.05) is 36.4 Å². The molecule has 8 heteroatoms. The van der Waals surface area contributed by atoms with Crippen LogP contribution >= 0.6 is 7.37 Å². The molecule has 2 aromatic rings. The summed E-state index contributed by atoms with van der Waals surface area (Å²) in [7, 11) is -3.63. The van der Waals surface area contributed by atoms with E-state index in [0.717, 1.165) is 5.56 Å². The molecule has 1 unspecified atom stereocenters. The second-order valence-corrected chi connectivity index (χ2v) is 9.69. The van der Waals surface area contributed by atoms with Crippen LogP contribution in [-0.4, -0.2) is 38.1 Å². The van der Waals surface area contributed by atoms with E-state index in [4.69, 9.17) is 4.52 Å². The van der Waals surface area contributed by atoms with Gasteiger partial charge in [0.25, 0.3) is 0 Å². The van der Waals surface area contributed by atoms with Gasteiger partial charge in [0, 0.05) is 12.1 Å². The number of aromatic hydroxyl groups is 1. The summed E-state index contributed by atoms with van der Waals surface area (Å²) in [6.07, 6.45) is 2.14. The summed E-state index contributed by atoms with van der Waals surface area (Å²) in [6, 6.07) is 12.2. The molecule has 0 aliphatic heterocycles. The molecule has 0 saturated heterocycles. The van der Waals surface area contributed by atoms with E-state index in [0.29, 0.717) is 6.42 Å². The van der Waals surface area contributed by atoms with Crippen LogP contribution in [0.4, 0.5) is 4.79 Å². The predicted octanol–water partition coefficient (Wildman–Crippen LogP) is 4.68. The largest absolute Gasteiger partial charge is 0.506 e. The van der Waals surface area contributed by atoms with Gasteiger partial charge in [0.05, 0.1) is 25.0 Å². The zero-order chi connectivity index (χ0) is 21.1. The molecular formula is C21H25N2O5P. The average molecular weight is 416 g/mol. The molecule has 29 heavy (non-hydrogen) atoms. The SMILES string of the molecule is C=C[C@@H]1C[C@@]1(N(Cc1ccccc1)C(=O)O)P(=O)(Cc1ncccc1O)OCC. The first kappa shape index (κ1) is 21.1. The van der Waals surface area contributed by atoms with Crippen molar-refractivity contribution < 1.29 is 24.1 Å². The summed E-state index contributed by atoms with van der Waals surface area (Å²) in [4.78, 5) is 17.6. The molecule has 0 bridgehead atoms. The maximum Gasteiger partial charge on any atom is 0.408 e. The molecule has 1 aromatic carbocycles. The first-order valence-corrected chi connectivity index (χ1v) is 11.2. The van der Waals surface area contributed by atoms with Gasteiger partial charge in [-0.05, 0) is 31.0 Å². The molecule has 2 N–H and O–H groups in total. The van der Waals surface area contributed by atoms with Crippen LogP contribution in [0.2, 0.25) is 0 Å². The van der Waals surface area contributed by atoms with Crippen LogP contribution < -0.4 is 0 Å². The fraction of sp³-hybridized carbons (Fsp3) is 0.333. The first-order valence-electron chi connectivity index (χ1n) is 9.41. The summed E-state index contributed by atoms with van der Waals surface area (Å²) in [5.41, 5.74) is 1.01. The Morgan fingerprint density at radius 1 is 1.38 bits per heavy atom. The van der Waals surface area contributed by atoms with Gasteiger partial charge in [-0.3, -0.25) is 14.4 Å². The fourth-order valence-electron chi connectivity index (χ4n) is 3.81. The lowest BCUT2D eigenvalue weighted by Crippen LogP contribution is -2.43. The van der Waals surface area contributed by atoms with E-state index in [-0.39, 0.29) is 36.7 Å². The summed E-state index contributed by atoms with van der Waals surface area (Å²) >= 11 is 0. The highest BCUT2D eigenvalue weighted by atomic mass is 31.2. The van der Waals surface area contributed by atoms with Gasteiger partial charge in [0.1, 0.15) is 11.0 Å². The van der Waals surface area contributed by atoms with Crippen molar-refractivity contribution in [2.24, 2.45) is 5.92 Å². The molecule has 1 amide bonds. The van der Waals surface area contributed by atoms with Crippen LogP contribution in [-0.2, 0) is 21.8 Å². The molecule has 0 spiro atoms. The molecule has 3 rings (SSSR count). The second kappa shape index (κ2) is 8.39. The number of hydrogen-bond donors (Lipinski definition) is 2. The van der Waals surface area contributed by atoms with Crippen molar-refractivity contribution in [3.8, 4) is 5.75 Å². The van der Waals surface area contributed by atoms with Crippen LogP contribution in [0.3, 0.4) is 0 Å². The van der Waals surface area contributed by atoms with Crippen LogP contribution in [0.5, 0.6) is 5.75 Å². The van der Waals surface area contributed by atoms with Gasteiger partial charge in [-0.2, -0.15) is 0 Å². The van der Waals surface area contributed by atoms with E-state index in [1.54, 1.807) is 19.1 Å². The molecule has 3 atom stereocenters. The molecule has 1 aromatic heterocycles. The normalized spacial score (nSPS) is 22.4. The third kappa shape index (κ3) is 3.93. The van der Waals surface area contributed by atoms with Gasteiger partial charge in [0.2, 0.25) is 7.37 Å². The Labute approximate surface area is 170 Å². The predicted molar refractivity (Wildman–Crippen MR) is 110 cm³/mol. The molecule has 1 fully saturated rings. The van der Waals surface area contributed by atoms with Crippen molar-refractivity contribution in [1.82, 2.24) is 9.88 Å². The minimum absolute atomic E-state index is 0.0752. The lowest BCUT2D eigenvalue weighted by atomic mass is 10.2. The Balaban J connectivity index is 2.05. The average Bonchev–Trinajstić information content (AvgIpc) is 3.45. The van der Waals surface area contributed by atoms with Crippen LogP contribution in [0.15, 0.2) is 61.3 Å². The highest BCUT2D eigenvalue weighted by Crippen LogP contribution is 2.76. The number of pyridine rings is 1. The lowest BCUT2D eigenvalue weighted by molar-refractivity contribution is 0.123. The minimum atomic E-state index is -3.63. The Morgan fingerprint density at radius 2 is 2.10 bits per heavy atom. The highest BCUT2D eigenvalue weighted by Gasteiger charge is 2.70. The summed E-state index contributed by atoms with van der Waals surface area (Å²) < 4.78 is 20.0. The number of aromatic nitrogens is 1. The Hall–Kier alpha value is -2.63. The fourth-order valence-corrected chi connectivity index (χ4v) is 7.06. The van der Waals surface area contributed by atoms with E-state index in [1.165, 1.54) is 17.2 Å². The molecular weight excluding hydrogens is 391 g/mol. The third-order valence-corrected chi connectivity index (χ3v) is 8.60. The van der Waals surface area contributed by atoms with Gasteiger partial charge >= 0.3 is 6.09 Å². The van der Waals surface area contributed by atoms with Crippen LogP contribution in [0.25, 0.3) is 0 Å². The first-order chi connectivity index (χ1) is 13.9. The van der Waals surface area contributed by atoms with Crippen LogP contribution in [0, 0.1) is 5.92 Å². The van der Waals surface area contributed by atoms with Crippen molar-refractivity contribution >= 4 is 13.5 Å². The minimum Gasteiger partial charge on any atom is -0.506 e. The molecule has 7 nitrogen and oxygen atoms in total. The Kier molecular flexibility index (Phi) is 6.10. The van der Waals surface area contributed by atoms with E-state index in [2.05, 4.69) is 11.6 Å². The molecule has 1 aliphatic carbocycles. The van der Waals surface area contributed by atoms with E-state index in [9.17, 15) is 19.6 Å².